The number of amides is 2. The molecule has 0 aliphatic rings. The molecule has 0 unspecified atom stereocenters. The molecule has 0 aliphatic heterocycles. The molecule has 0 fully saturated rings. The van der Waals surface area contributed by atoms with Gasteiger partial charge in [0, 0.05) is 35.3 Å². The van der Waals surface area contributed by atoms with E-state index < -0.39 is 6.04 Å². The number of hydrogen-bond acceptors (Lipinski definition) is 4. The predicted molar refractivity (Wildman–Crippen MR) is 153 cm³/mol. The molecule has 3 aromatic carbocycles. The summed E-state index contributed by atoms with van der Waals surface area (Å²) in [6, 6.07) is 22.0. The lowest BCUT2D eigenvalue weighted by Crippen LogP contribution is -2.51. The Kier molecular flexibility index (Phi) is 11.6. The molecule has 0 spiro atoms. The summed E-state index contributed by atoms with van der Waals surface area (Å²) in [4.78, 5) is 28.7. The summed E-state index contributed by atoms with van der Waals surface area (Å²) >= 11 is 13.8. The molecule has 3 rings (SSSR count). The number of carbonyl (C=O) groups is 2. The van der Waals surface area contributed by atoms with Crippen molar-refractivity contribution in [3.8, 4) is 5.75 Å². The van der Waals surface area contributed by atoms with Crippen molar-refractivity contribution in [1.29, 1.82) is 0 Å². The number of halogens is 2. The van der Waals surface area contributed by atoms with Crippen molar-refractivity contribution < 1.29 is 14.3 Å². The number of ether oxygens (including phenoxy) is 1. The Bertz CT molecular complexity index is 1180. The Labute approximate surface area is 233 Å². The van der Waals surface area contributed by atoms with E-state index in [0.717, 1.165) is 23.1 Å². The molecule has 0 aliphatic carbocycles. The number of nitrogens with one attached hydrogen (secondary N) is 1. The van der Waals surface area contributed by atoms with E-state index in [1.165, 1.54) is 11.8 Å². The van der Waals surface area contributed by atoms with Crippen molar-refractivity contribution in [2.24, 2.45) is 0 Å². The van der Waals surface area contributed by atoms with Crippen LogP contribution in [0, 0.1) is 0 Å². The zero-order chi connectivity index (χ0) is 26.6. The second-order valence-electron chi connectivity index (χ2n) is 8.60. The topological polar surface area (TPSA) is 58.6 Å². The van der Waals surface area contributed by atoms with Crippen LogP contribution >= 0.6 is 35.0 Å². The summed E-state index contributed by atoms with van der Waals surface area (Å²) in [6.45, 7) is 2.84. The van der Waals surface area contributed by atoms with Gasteiger partial charge in [0.1, 0.15) is 11.8 Å². The van der Waals surface area contributed by atoms with Crippen LogP contribution in [0.5, 0.6) is 5.75 Å². The van der Waals surface area contributed by atoms with Gasteiger partial charge in [0.25, 0.3) is 0 Å². The first kappa shape index (κ1) is 28.9. The highest BCUT2D eigenvalue weighted by molar-refractivity contribution is 7.99. The summed E-state index contributed by atoms with van der Waals surface area (Å²) < 4.78 is 5.38. The minimum atomic E-state index is -0.660. The van der Waals surface area contributed by atoms with Crippen LogP contribution in [-0.2, 0) is 28.3 Å². The fraction of sp³-hybridized carbons (Fsp3) is 0.310. The Morgan fingerprint density at radius 2 is 1.76 bits per heavy atom. The summed E-state index contributed by atoms with van der Waals surface area (Å²) in [5.41, 5.74) is 2.78. The molecule has 0 saturated carbocycles. The number of rotatable bonds is 13. The summed E-state index contributed by atoms with van der Waals surface area (Å²) in [7, 11) is 1.61. The average molecular weight is 560 g/mol. The normalized spacial score (nSPS) is 11.6. The third-order valence-corrected chi connectivity index (χ3v) is 7.36. The van der Waals surface area contributed by atoms with Crippen molar-refractivity contribution in [2.75, 3.05) is 19.4 Å². The lowest BCUT2D eigenvalue weighted by Gasteiger charge is -2.31. The van der Waals surface area contributed by atoms with Crippen LogP contribution in [0.3, 0.4) is 0 Å². The number of methoxy groups -OCH3 is 1. The molecular formula is C29H32Cl2N2O3S. The molecule has 0 saturated heterocycles. The quantitative estimate of drug-likeness (QED) is 0.263. The number of nitrogens with zero attached hydrogens (tertiary/aromatic N) is 1. The van der Waals surface area contributed by atoms with Crippen LogP contribution in [0.1, 0.15) is 30.0 Å². The van der Waals surface area contributed by atoms with Gasteiger partial charge in [-0.15, -0.1) is 11.8 Å². The molecule has 0 radical (unpaired) electrons. The zero-order valence-electron chi connectivity index (χ0n) is 21.1. The first-order valence-corrected chi connectivity index (χ1v) is 14.1. The van der Waals surface area contributed by atoms with E-state index in [1.54, 1.807) is 24.1 Å². The first-order valence-electron chi connectivity index (χ1n) is 12.2. The first-order chi connectivity index (χ1) is 17.9. The minimum absolute atomic E-state index is 0.120. The van der Waals surface area contributed by atoms with Crippen molar-refractivity contribution in [3.63, 3.8) is 0 Å². The minimum Gasteiger partial charge on any atom is -0.497 e. The van der Waals surface area contributed by atoms with Gasteiger partial charge in [0.2, 0.25) is 11.8 Å². The lowest BCUT2D eigenvalue weighted by atomic mass is 10.0. The fourth-order valence-electron chi connectivity index (χ4n) is 3.86. The van der Waals surface area contributed by atoms with E-state index in [4.69, 9.17) is 27.9 Å². The molecule has 37 heavy (non-hydrogen) atoms. The SMILES string of the molecule is CCCNC(=O)[C@H](Cc1ccccc1)N(Cc1cccc(OC)c1)C(=O)CSCc1ccc(Cl)cc1Cl. The maximum absolute atomic E-state index is 13.7. The Hall–Kier alpha value is -2.67. The zero-order valence-corrected chi connectivity index (χ0v) is 23.4. The Balaban J connectivity index is 1.85. The molecular weight excluding hydrogens is 527 g/mol. The Morgan fingerprint density at radius 1 is 1.00 bits per heavy atom. The van der Waals surface area contributed by atoms with Crippen LogP contribution in [0.15, 0.2) is 72.8 Å². The average Bonchev–Trinajstić information content (AvgIpc) is 2.91. The summed E-state index contributed by atoms with van der Waals surface area (Å²) in [6.07, 6.45) is 1.23. The van der Waals surface area contributed by atoms with E-state index in [9.17, 15) is 9.59 Å². The van der Waals surface area contributed by atoms with Gasteiger partial charge in [-0.3, -0.25) is 9.59 Å². The fourth-order valence-corrected chi connectivity index (χ4v) is 5.33. The molecule has 196 valence electrons. The molecule has 1 atom stereocenters. The van der Waals surface area contributed by atoms with Crippen LogP contribution in [0.4, 0.5) is 0 Å². The number of hydrogen-bond donors (Lipinski definition) is 1. The second-order valence-corrected chi connectivity index (χ2v) is 10.4. The molecule has 0 aromatic heterocycles. The van der Waals surface area contributed by atoms with Gasteiger partial charge in [-0.1, -0.05) is 78.7 Å². The molecule has 3 aromatic rings. The molecule has 0 heterocycles. The van der Waals surface area contributed by atoms with Crippen molar-refractivity contribution in [2.45, 2.75) is 38.1 Å². The van der Waals surface area contributed by atoms with Gasteiger partial charge in [0.05, 0.1) is 12.9 Å². The van der Waals surface area contributed by atoms with Gasteiger partial charge >= 0.3 is 0 Å². The monoisotopic (exact) mass is 558 g/mol. The molecule has 2 amide bonds. The van der Waals surface area contributed by atoms with E-state index in [2.05, 4.69) is 5.32 Å². The maximum atomic E-state index is 13.7. The standard InChI is InChI=1S/C29H32Cl2N2O3S/c1-3-14-32-29(35)27(16-21-8-5-4-6-9-21)33(18-22-10-7-11-25(15-22)36-2)28(34)20-37-19-23-12-13-24(30)17-26(23)31/h4-13,15,17,27H,3,14,16,18-20H2,1-2H3,(H,32,35)/t27-/m0/s1. The smallest absolute Gasteiger partial charge is 0.243 e. The lowest BCUT2D eigenvalue weighted by molar-refractivity contribution is -0.139. The number of thioether (sulfide) groups is 1. The van der Waals surface area contributed by atoms with Gasteiger partial charge in [-0.25, -0.2) is 0 Å². The van der Waals surface area contributed by atoms with Gasteiger partial charge in [-0.05, 0) is 47.4 Å². The number of carbonyl (C=O) groups excluding carboxylic acids is 2. The van der Waals surface area contributed by atoms with E-state index in [-0.39, 0.29) is 24.1 Å². The van der Waals surface area contributed by atoms with Gasteiger partial charge in [-0.2, -0.15) is 0 Å². The Morgan fingerprint density at radius 3 is 2.46 bits per heavy atom. The van der Waals surface area contributed by atoms with E-state index >= 15 is 0 Å². The van der Waals surface area contributed by atoms with Crippen molar-refractivity contribution in [3.05, 3.63) is 99.5 Å². The van der Waals surface area contributed by atoms with Crippen LogP contribution < -0.4 is 10.1 Å². The largest absolute Gasteiger partial charge is 0.497 e. The third kappa shape index (κ3) is 8.99. The highest BCUT2D eigenvalue weighted by Gasteiger charge is 2.30. The van der Waals surface area contributed by atoms with Crippen molar-refractivity contribution >= 4 is 46.8 Å². The third-order valence-electron chi connectivity index (χ3n) is 5.81. The van der Waals surface area contributed by atoms with E-state index in [1.807, 2.05) is 67.6 Å². The maximum Gasteiger partial charge on any atom is 0.243 e. The summed E-state index contributed by atoms with van der Waals surface area (Å²) in [5.74, 6) is 1.18. The highest BCUT2D eigenvalue weighted by atomic mass is 35.5. The number of benzene rings is 3. The predicted octanol–water partition coefficient (Wildman–Crippen LogP) is 6.40. The van der Waals surface area contributed by atoms with Gasteiger partial charge in [0.15, 0.2) is 0 Å². The van der Waals surface area contributed by atoms with E-state index in [0.29, 0.717) is 34.5 Å². The van der Waals surface area contributed by atoms with Gasteiger partial charge < -0.3 is 15.0 Å². The molecule has 5 nitrogen and oxygen atoms in total. The summed E-state index contributed by atoms with van der Waals surface area (Å²) in [5, 5.41) is 4.14. The van der Waals surface area contributed by atoms with Crippen LogP contribution in [-0.4, -0.2) is 42.2 Å². The van der Waals surface area contributed by atoms with Crippen LogP contribution in [0.25, 0.3) is 0 Å². The second kappa shape index (κ2) is 14.9. The van der Waals surface area contributed by atoms with Crippen molar-refractivity contribution in [1.82, 2.24) is 10.2 Å². The molecule has 0 bridgehead atoms. The molecule has 8 heteroatoms. The highest BCUT2D eigenvalue weighted by Crippen LogP contribution is 2.26. The van der Waals surface area contributed by atoms with Crippen LogP contribution in [0.2, 0.25) is 10.0 Å². The molecule has 1 N–H and O–H groups in total.